The number of amides is 3. The molecule has 2 aromatic rings. The Kier molecular flexibility index (Phi) is 6.33. The van der Waals surface area contributed by atoms with Crippen molar-refractivity contribution in [3.8, 4) is 0 Å². The van der Waals surface area contributed by atoms with Crippen molar-refractivity contribution in [2.45, 2.75) is 19.1 Å². The molecule has 1 aliphatic rings. The number of carbonyl (C=O) groups excluding carboxylic acids is 2. The van der Waals surface area contributed by atoms with E-state index in [2.05, 4.69) is 26.6 Å². The predicted molar refractivity (Wildman–Crippen MR) is 110 cm³/mol. The number of hydrogen-bond donors (Lipinski definition) is 3. The molecule has 3 amide bonds. The highest BCUT2D eigenvalue weighted by Crippen LogP contribution is 2.40. The molecule has 3 N–H and O–H groups in total. The number of nitrogens with zero attached hydrogens (tertiary/aromatic N) is 1. The highest BCUT2D eigenvalue weighted by atomic mass is 79.9. The molecule has 0 unspecified atom stereocenters. The molecule has 3 rings (SSSR count). The van der Waals surface area contributed by atoms with Crippen molar-refractivity contribution < 1.29 is 19.4 Å². The number of anilines is 2. The van der Waals surface area contributed by atoms with Gasteiger partial charge in [-0.3, -0.25) is 9.69 Å². The zero-order valence-corrected chi connectivity index (χ0v) is 17.0. The summed E-state index contributed by atoms with van der Waals surface area (Å²) >= 11 is 3.37. The summed E-state index contributed by atoms with van der Waals surface area (Å²) in [5, 5.41) is 17.1. The van der Waals surface area contributed by atoms with E-state index < -0.39 is 17.7 Å². The lowest BCUT2D eigenvalue weighted by Crippen LogP contribution is -2.62. The third-order valence-corrected chi connectivity index (χ3v) is 4.90. The van der Waals surface area contributed by atoms with Gasteiger partial charge in [-0.05, 0) is 43.7 Å². The molecule has 148 valence electrons. The minimum Gasteiger partial charge on any atom is -0.382 e. The number of hydrogen-bond acceptors (Lipinski definition) is 4. The highest BCUT2D eigenvalue weighted by molar-refractivity contribution is 9.10. The Labute approximate surface area is 171 Å². The quantitative estimate of drug-likeness (QED) is 0.568. The van der Waals surface area contributed by atoms with Gasteiger partial charge in [0.05, 0.1) is 5.69 Å². The van der Waals surface area contributed by atoms with E-state index in [1.54, 1.807) is 48.5 Å². The second kappa shape index (κ2) is 8.72. The fourth-order valence-corrected chi connectivity index (χ4v) is 3.46. The van der Waals surface area contributed by atoms with Crippen LogP contribution in [0, 0.1) is 0 Å². The van der Waals surface area contributed by atoms with Crippen molar-refractivity contribution in [1.82, 2.24) is 5.32 Å². The van der Waals surface area contributed by atoms with E-state index in [-0.39, 0.29) is 5.56 Å². The third kappa shape index (κ3) is 3.89. The summed E-state index contributed by atoms with van der Waals surface area (Å²) in [7, 11) is 0. The van der Waals surface area contributed by atoms with E-state index in [1.165, 1.54) is 0 Å². The zero-order valence-electron chi connectivity index (χ0n) is 15.4. The Morgan fingerprint density at radius 2 is 2.04 bits per heavy atom. The molecule has 0 aliphatic carbocycles. The van der Waals surface area contributed by atoms with Crippen molar-refractivity contribution >= 4 is 39.2 Å². The Balaban J connectivity index is 1.99. The smallest absolute Gasteiger partial charge is 0.329 e. The Hall–Kier alpha value is -2.42. The number of carbonyl (C=O) groups is 2. The standard InChI is InChI=1S/C20H22BrN3O4/c1-2-28-12-6-11-22-18(25)20(27)16-13-14(21)9-10-17(16)23-19(26)24(20)15-7-4-3-5-8-15/h3-5,7-10,13,27H,2,6,11-12H2,1H3,(H,22,25)(H,23,26)/t20-/m0/s1. The molecular weight excluding hydrogens is 426 g/mol. The largest absolute Gasteiger partial charge is 0.382 e. The minimum atomic E-state index is -2.20. The average molecular weight is 448 g/mol. The number of ether oxygens (including phenoxy) is 1. The number of benzene rings is 2. The maximum absolute atomic E-state index is 13.1. The normalized spacial score (nSPS) is 18.4. The van der Waals surface area contributed by atoms with Gasteiger partial charge in [-0.15, -0.1) is 0 Å². The van der Waals surface area contributed by atoms with Crippen molar-refractivity contribution in [1.29, 1.82) is 0 Å². The van der Waals surface area contributed by atoms with Gasteiger partial charge < -0.3 is 20.5 Å². The molecule has 0 bridgehead atoms. The van der Waals surface area contributed by atoms with Crippen LogP contribution in [0.5, 0.6) is 0 Å². The van der Waals surface area contributed by atoms with Crippen LogP contribution in [-0.4, -0.2) is 36.8 Å². The first-order chi connectivity index (χ1) is 13.5. The van der Waals surface area contributed by atoms with E-state index >= 15 is 0 Å². The predicted octanol–water partition coefficient (Wildman–Crippen LogP) is 3.19. The summed E-state index contributed by atoms with van der Waals surface area (Å²) in [5.41, 5.74) is -1.13. The van der Waals surface area contributed by atoms with E-state index in [9.17, 15) is 14.7 Å². The van der Waals surface area contributed by atoms with E-state index in [4.69, 9.17) is 4.74 Å². The number of aliphatic hydroxyl groups is 1. The summed E-state index contributed by atoms with van der Waals surface area (Å²) in [5.74, 6) is -0.679. The maximum atomic E-state index is 13.1. The maximum Gasteiger partial charge on any atom is 0.329 e. The third-order valence-electron chi connectivity index (χ3n) is 4.41. The Morgan fingerprint density at radius 1 is 1.29 bits per heavy atom. The van der Waals surface area contributed by atoms with Crippen molar-refractivity contribution in [3.05, 3.63) is 58.6 Å². The molecule has 0 fully saturated rings. The van der Waals surface area contributed by atoms with Gasteiger partial charge in [0.25, 0.3) is 11.6 Å². The lowest BCUT2D eigenvalue weighted by Gasteiger charge is -2.42. The monoisotopic (exact) mass is 447 g/mol. The van der Waals surface area contributed by atoms with Crippen LogP contribution in [0.2, 0.25) is 0 Å². The number of nitrogens with one attached hydrogen (secondary N) is 2. The highest BCUT2D eigenvalue weighted by Gasteiger charge is 2.52. The zero-order chi connectivity index (χ0) is 20.1. The van der Waals surface area contributed by atoms with Crippen LogP contribution in [0.25, 0.3) is 0 Å². The van der Waals surface area contributed by atoms with E-state index in [1.807, 2.05) is 6.92 Å². The van der Waals surface area contributed by atoms with Crippen molar-refractivity contribution in [2.24, 2.45) is 0 Å². The van der Waals surface area contributed by atoms with E-state index in [0.717, 1.165) is 4.90 Å². The first-order valence-electron chi connectivity index (χ1n) is 9.03. The van der Waals surface area contributed by atoms with Gasteiger partial charge in [-0.1, -0.05) is 34.1 Å². The van der Waals surface area contributed by atoms with Crippen molar-refractivity contribution in [3.63, 3.8) is 0 Å². The van der Waals surface area contributed by atoms with Crippen LogP contribution in [0.3, 0.4) is 0 Å². The van der Waals surface area contributed by atoms with E-state index in [0.29, 0.717) is 42.0 Å². The molecule has 7 nitrogen and oxygen atoms in total. The van der Waals surface area contributed by atoms with Crippen LogP contribution in [-0.2, 0) is 15.3 Å². The fraction of sp³-hybridized carbons (Fsp3) is 0.300. The Morgan fingerprint density at radius 3 is 2.75 bits per heavy atom. The fourth-order valence-electron chi connectivity index (χ4n) is 3.10. The molecule has 1 atom stereocenters. The number of urea groups is 1. The summed E-state index contributed by atoms with van der Waals surface area (Å²) in [6.45, 7) is 3.31. The summed E-state index contributed by atoms with van der Waals surface area (Å²) in [6.07, 6.45) is 0.596. The average Bonchev–Trinajstić information content (AvgIpc) is 2.69. The second-order valence-electron chi connectivity index (χ2n) is 6.27. The Bertz CT molecular complexity index is 862. The van der Waals surface area contributed by atoms with Crippen LogP contribution in [0.4, 0.5) is 16.2 Å². The number of rotatable bonds is 7. The number of para-hydroxylation sites is 1. The van der Waals surface area contributed by atoms with Crippen LogP contribution >= 0.6 is 15.9 Å². The van der Waals surface area contributed by atoms with Crippen LogP contribution < -0.4 is 15.5 Å². The van der Waals surface area contributed by atoms with Gasteiger partial charge >= 0.3 is 6.03 Å². The summed E-state index contributed by atoms with van der Waals surface area (Å²) in [6, 6.07) is 13.0. The van der Waals surface area contributed by atoms with Gasteiger partial charge in [0.1, 0.15) is 0 Å². The summed E-state index contributed by atoms with van der Waals surface area (Å²) in [4.78, 5) is 27.0. The molecular formula is C20H22BrN3O4. The van der Waals surface area contributed by atoms with Gasteiger partial charge in [0.15, 0.2) is 0 Å². The second-order valence-corrected chi connectivity index (χ2v) is 7.19. The molecule has 1 heterocycles. The molecule has 0 saturated heterocycles. The lowest BCUT2D eigenvalue weighted by molar-refractivity contribution is -0.140. The molecule has 8 heteroatoms. The molecule has 0 spiro atoms. The van der Waals surface area contributed by atoms with Gasteiger partial charge in [-0.2, -0.15) is 0 Å². The van der Waals surface area contributed by atoms with Crippen molar-refractivity contribution in [2.75, 3.05) is 30.0 Å². The van der Waals surface area contributed by atoms with Gasteiger partial charge in [0, 0.05) is 35.5 Å². The minimum absolute atomic E-state index is 0.285. The first kappa shape index (κ1) is 20.3. The molecule has 0 saturated carbocycles. The number of halogens is 1. The molecule has 28 heavy (non-hydrogen) atoms. The number of fused-ring (bicyclic) bond motifs is 1. The molecule has 0 radical (unpaired) electrons. The topological polar surface area (TPSA) is 90.9 Å². The molecule has 2 aromatic carbocycles. The van der Waals surface area contributed by atoms with Crippen LogP contribution in [0.15, 0.2) is 53.0 Å². The molecule has 1 aliphatic heterocycles. The van der Waals surface area contributed by atoms with Crippen LogP contribution in [0.1, 0.15) is 18.9 Å². The van der Waals surface area contributed by atoms with Gasteiger partial charge in [-0.25, -0.2) is 4.79 Å². The molecule has 0 aromatic heterocycles. The lowest BCUT2D eigenvalue weighted by atomic mass is 9.94. The first-order valence-corrected chi connectivity index (χ1v) is 9.82. The summed E-state index contributed by atoms with van der Waals surface area (Å²) < 4.78 is 5.95. The SMILES string of the molecule is CCOCCCNC(=O)[C@@]1(O)c2cc(Br)ccc2NC(=O)N1c1ccccc1. The van der Waals surface area contributed by atoms with Gasteiger partial charge in [0.2, 0.25) is 0 Å².